The summed E-state index contributed by atoms with van der Waals surface area (Å²) in [4.78, 5) is 0. The highest BCUT2D eigenvalue weighted by atomic mass is 16.6. The summed E-state index contributed by atoms with van der Waals surface area (Å²) in [5.74, 6) is 0. The second kappa shape index (κ2) is 1.21. The zero-order valence-electron chi connectivity index (χ0n) is 3.85. The molecule has 6 heavy (non-hydrogen) atoms. The molecule has 1 aliphatic heterocycles. The van der Waals surface area contributed by atoms with Crippen LogP contribution >= 0.6 is 0 Å². The van der Waals surface area contributed by atoms with Crippen molar-refractivity contribution in [3.8, 4) is 0 Å². The number of epoxide rings is 1. The number of ether oxygens (including phenoxy) is 1. The van der Waals surface area contributed by atoms with Crippen molar-refractivity contribution in [1.29, 1.82) is 0 Å². The number of nitrogens with two attached hydrogens (primary N) is 1. The topological polar surface area (TPSA) is 38.5 Å². The Morgan fingerprint density at radius 3 is 2.33 bits per heavy atom. The van der Waals surface area contributed by atoms with Gasteiger partial charge in [0.2, 0.25) is 0 Å². The van der Waals surface area contributed by atoms with Gasteiger partial charge in [-0.3, -0.25) is 0 Å². The van der Waals surface area contributed by atoms with Crippen molar-refractivity contribution in [2.24, 2.45) is 5.73 Å². The molecule has 2 nitrogen and oxygen atoms in total. The van der Waals surface area contributed by atoms with Gasteiger partial charge in [-0.1, -0.05) is 6.92 Å². The van der Waals surface area contributed by atoms with Crippen LogP contribution in [0.15, 0.2) is 0 Å². The van der Waals surface area contributed by atoms with E-state index in [1.807, 2.05) is 0 Å². The molecule has 0 aromatic heterocycles. The molecule has 1 saturated heterocycles. The Hall–Kier alpha value is -0.0800. The first-order chi connectivity index (χ1) is 2.84. The molecule has 36 valence electrons. The van der Waals surface area contributed by atoms with Gasteiger partial charge < -0.3 is 10.5 Å². The summed E-state index contributed by atoms with van der Waals surface area (Å²) in [5.41, 5.74) is 5.25. The molecule has 1 rings (SSSR count). The fraction of sp³-hybridized carbons (Fsp3) is 1.00. The first-order valence-corrected chi connectivity index (χ1v) is 2.25. The molecular formula is C4H9NO. The van der Waals surface area contributed by atoms with Crippen molar-refractivity contribution in [3.05, 3.63) is 0 Å². The maximum atomic E-state index is 5.25. The van der Waals surface area contributed by atoms with E-state index < -0.39 is 0 Å². The zero-order chi connectivity index (χ0) is 4.57. The molecule has 0 radical (unpaired) electrons. The van der Waals surface area contributed by atoms with Crippen LogP contribution < -0.4 is 5.73 Å². The molecule has 1 aliphatic rings. The van der Waals surface area contributed by atoms with E-state index in [1.165, 1.54) is 0 Å². The molecule has 2 heteroatoms. The van der Waals surface area contributed by atoms with E-state index in [4.69, 9.17) is 10.5 Å². The molecule has 0 aromatic rings. The Kier molecular flexibility index (Phi) is 0.821. The third kappa shape index (κ3) is 0.533. The minimum atomic E-state index is 0.0648. The van der Waals surface area contributed by atoms with E-state index in [-0.39, 0.29) is 6.23 Å². The smallest absolute Gasteiger partial charge is 0.132 e. The number of rotatable bonds is 1. The average Bonchev–Trinajstić information content (AvgIpc) is 2.19. The second-order valence-electron chi connectivity index (χ2n) is 1.55. The number of hydrogen-bond donors (Lipinski definition) is 1. The molecule has 1 heterocycles. The van der Waals surface area contributed by atoms with Crippen LogP contribution in [0.5, 0.6) is 0 Å². The summed E-state index contributed by atoms with van der Waals surface area (Å²) in [7, 11) is 0. The number of hydrogen-bond acceptors (Lipinski definition) is 2. The van der Waals surface area contributed by atoms with Crippen molar-refractivity contribution in [1.82, 2.24) is 0 Å². The summed E-state index contributed by atoms with van der Waals surface area (Å²) in [5, 5.41) is 0. The average molecular weight is 87.1 g/mol. The van der Waals surface area contributed by atoms with E-state index in [1.54, 1.807) is 0 Å². The molecule has 2 atom stereocenters. The standard InChI is InChI=1S/C4H9NO/c1-2-3-4(5)6-3/h3-4H,2,5H2,1H3. The minimum Gasteiger partial charge on any atom is -0.353 e. The van der Waals surface area contributed by atoms with Crippen molar-refractivity contribution in [3.63, 3.8) is 0 Å². The maximum Gasteiger partial charge on any atom is 0.132 e. The van der Waals surface area contributed by atoms with Crippen LogP contribution in [-0.4, -0.2) is 12.3 Å². The first kappa shape index (κ1) is 4.09. The normalized spacial score (nSPS) is 43.0. The minimum absolute atomic E-state index is 0.0648. The Bertz CT molecular complexity index is 53.5. The van der Waals surface area contributed by atoms with E-state index >= 15 is 0 Å². The van der Waals surface area contributed by atoms with Gasteiger partial charge in [-0.05, 0) is 6.42 Å². The molecule has 0 aliphatic carbocycles. The third-order valence-electron chi connectivity index (χ3n) is 1.02. The van der Waals surface area contributed by atoms with E-state index in [0.717, 1.165) is 6.42 Å². The lowest BCUT2D eigenvalue weighted by atomic mass is 10.3. The predicted molar refractivity (Wildman–Crippen MR) is 23.1 cm³/mol. The predicted octanol–water partition coefficient (Wildman–Crippen LogP) is 0.0800. The highest BCUT2D eigenvalue weighted by Gasteiger charge is 2.32. The van der Waals surface area contributed by atoms with Crippen LogP contribution in [0.3, 0.4) is 0 Å². The Balaban J connectivity index is 2.09. The van der Waals surface area contributed by atoms with E-state index in [2.05, 4.69) is 6.92 Å². The molecule has 2 N–H and O–H groups in total. The summed E-state index contributed by atoms with van der Waals surface area (Å²) in [6.45, 7) is 2.07. The van der Waals surface area contributed by atoms with Gasteiger partial charge in [-0.2, -0.15) is 0 Å². The van der Waals surface area contributed by atoms with Crippen LogP contribution in [0, 0.1) is 0 Å². The van der Waals surface area contributed by atoms with Gasteiger partial charge in [-0.15, -0.1) is 0 Å². The highest BCUT2D eigenvalue weighted by molar-refractivity contribution is 4.76. The van der Waals surface area contributed by atoms with Gasteiger partial charge in [0.1, 0.15) is 6.23 Å². The fourth-order valence-corrected chi connectivity index (χ4v) is 0.485. The van der Waals surface area contributed by atoms with Gasteiger partial charge in [0.15, 0.2) is 0 Å². The lowest BCUT2D eigenvalue weighted by Crippen LogP contribution is -2.03. The summed E-state index contributed by atoms with van der Waals surface area (Å²) >= 11 is 0. The molecule has 0 spiro atoms. The van der Waals surface area contributed by atoms with Gasteiger partial charge in [0.25, 0.3) is 0 Å². The van der Waals surface area contributed by atoms with Gasteiger partial charge in [-0.25, -0.2) is 0 Å². The van der Waals surface area contributed by atoms with E-state index in [0.29, 0.717) is 6.10 Å². The third-order valence-corrected chi connectivity index (χ3v) is 1.02. The van der Waals surface area contributed by atoms with Crippen molar-refractivity contribution in [2.75, 3.05) is 0 Å². The Morgan fingerprint density at radius 1 is 1.83 bits per heavy atom. The molecular weight excluding hydrogens is 78.1 g/mol. The van der Waals surface area contributed by atoms with Gasteiger partial charge in [0.05, 0.1) is 6.10 Å². The molecule has 0 bridgehead atoms. The summed E-state index contributed by atoms with van der Waals surface area (Å²) in [6.07, 6.45) is 1.50. The molecule has 2 unspecified atom stereocenters. The van der Waals surface area contributed by atoms with Gasteiger partial charge >= 0.3 is 0 Å². The SMILES string of the molecule is CCC1OC1N. The largest absolute Gasteiger partial charge is 0.353 e. The van der Waals surface area contributed by atoms with Crippen molar-refractivity contribution >= 4 is 0 Å². The van der Waals surface area contributed by atoms with Crippen LogP contribution in [-0.2, 0) is 4.74 Å². The first-order valence-electron chi connectivity index (χ1n) is 2.25. The lowest BCUT2D eigenvalue weighted by molar-refractivity contribution is 0.370. The summed E-state index contributed by atoms with van der Waals surface area (Å²) in [6, 6.07) is 0. The van der Waals surface area contributed by atoms with Crippen LogP contribution in [0.25, 0.3) is 0 Å². The highest BCUT2D eigenvalue weighted by Crippen LogP contribution is 2.18. The monoisotopic (exact) mass is 87.1 g/mol. The molecule has 1 fully saturated rings. The molecule has 0 amide bonds. The van der Waals surface area contributed by atoms with Gasteiger partial charge in [0, 0.05) is 0 Å². The van der Waals surface area contributed by atoms with E-state index in [9.17, 15) is 0 Å². The molecule has 0 aromatic carbocycles. The quantitative estimate of drug-likeness (QED) is 0.460. The molecule has 0 saturated carbocycles. The fourth-order valence-electron chi connectivity index (χ4n) is 0.485. The van der Waals surface area contributed by atoms with Crippen LogP contribution in [0.2, 0.25) is 0 Å². The van der Waals surface area contributed by atoms with Crippen LogP contribution in [0.4, 0.5) is 0 Å². The Morgan fingerprint density at radius 2 is 2.33 bits per heavy atom. The second-order valence-corrected chi connectivity index (χ2v) is 1.55. The zero-order valence-corrected chi connectivity index (χ0v) is 3.85. The Labute approximate surface area is 37.3 Å². The van der Waals surface area contributed by atoms with Crippen LogP contribution in [0.1, 0.15) is 13.3 Å². The van der Waals surface area contributed by atoms with Crippen molar-refractivity contribution < 1.29 is 4.74 Å². The lowest BCUT2D eigenvalue weighted by Gasteiger charge is -1.72. The maximum absolute atomic E-state index is 5.25. The van der Waals surface area contributed by atoms with Crippen molar-refractivity contribution in [2.45, 2.75) is 25.7 Å². The summed E-state index contributed by atoms with van der Waals surface area (Å²) < 4.78 is 4.84.